The van der Waals surface area contributed by atoms with Gasteiger partial charge >= 0.3 is 6.18 Å². The largest absolute Gasteiger partial charge is 0.410 e. The minimum atomic E-state index is -4.50. The van der Waals surface area contributed by atoms with Gasteiger partial charge < -0.3 is 10.6 Å². The van der Waals surface area contributed by atoms with Gasteiger partial charge in [-0.1, -0.05) is 45.2 Å². The van der Waals surface area contributed by atoms with Gasteiger partial charge in [-0.2, -0.15) is 18.3 Å². The zero-order chi connectivity index (χ0) is 20.4. The number of aromatic nitrogens is 2. The van der Waals surface area contributed by atoms with E-state index in [-0.39, 0.29) is 29.8 Å². The van der Waals surface area contributed by atoms with Crippen LogP contribution < -0.4 is 10.6 Å². The van der Waals surface area contributed by atoms with E-state index in [1.54, 1.807) is 6.08 Å². The van der Waals surface area contributed by atoms with Crippen molar-refractivity contribution in [2.24, 2.45) is 5.92 Å². The summed E-state index contributed by atoms with van der Waals surface area (Å²) >= 11 is 0. The number of hydrogen-bond donors (Lipinski definition) is 2. The molecule has 0 aromatic carbocycles. The Bertz CT molecular complexity index is 749. The van der Waals surface area contributed by atoms with Gasteiger partial charge in [0, 0.05) is 12.5 Å². The molecule has 0 bridgehead atoms. The van der Waals surface area contributed by atoms with Gasteiger partial charge in [0.1, 0.15) is 11.4 Å². The Kier molecular flexibility index (Phi) is 6.18. The van der Waals surface area contributed by atoms with Crippen molar-refractivity contribution in [2.45, 2.75) is 51.5 Å². The Morgan fingerprint density at radius 1 is 1.41 bits per heavy atom. The van der Waals surface area contributed by atoms with Crippen LogP contribution in [0.25, 0.3) is 0 Å². The van der Waals surface area contributed by atoms with E-state index >= 15 is 0 Å². The molecule has 3 unspecified atom stereocenters. The number of hydrogen-bond acceptors (Lipinski definition) is 3. The predicted octanol–water partition coefficient (Wildman–Crippen LogP) is 4.24. The summed E-state index contributed by atoms with van der Waals surface area (Å²) in [5, 5.41) is 9.67. The third-order valence-electron chi connectivity index (χ3n) is 4.79. The second-order valence-electron chi connectivity index (χ2n) is 6.95. The molecule has 1 aromatic rings. The quantitative estimate of drug-likeness (QED) is 0.724. The molecule has 0 aliphatic carbocycles. The Morgan fingerprint density at radius 2 is 2.07 bits per heavy atom. The molecule has 1 aliphatic heterocycles. The van der Waals surface area contributed by atoms with Crippen molar-refractivity contribution >= 4 is 11.7 Å². The monoisotopic (exact) mass is 382 g/mol. The summed E-state index contributed by atoms with van der Waals surface area (Å²) in [5.41, 5.74) is 0.650. The molecule has 2 rings (SSSR count). The van der Waals surface area contributed by atoms with Crippen LogP contribution in [0, 0.1) is 5.92 Å². The van der Waals surface area contributed by atoms with Crippen LogP contribution in [-0.4, -0.2) is 33.9 Å². The predicted molar refractivity (Wildman–Crippen MR) is 99.6 cm³/mol. The van der Waals surface area contributed by atoms with Gasteiger partial charge in [-0.15, -0.1) is 0 Å². The van der Waals surface area contributed by atoms with E-state index in [1.807, 2.05) is 20.8 Å². The fourth-order valence-electron chi connectivity index (χ4n) is 2.86. The summed E-state index contributed by atoms with van der Waals surface area (Å²) in [6.45, 7) is 13.0. The van der Waals surface area contributed by atoms with E-state index in [2.05, 4.69) is 28.9 Å². The fraction of sp³-hybridized carbons (Fsp3) is 0.474. The minimum Gasteiger partial charge on any atom is -0.363 e. The Balaban J connectivity index is 2.44. The third-order valence-corrected chi connectivity index (χ3v) is 4.79. The molecule has 1 aromatic heterocycles. The molecular formula is C19H25F3N4O. The molecule has 0 radical (unpaired) electrons. The molecule has 1 amide bonds. The number of carbonyl (C=O) groups is 1. The zero-order valence-corrected chi connectivity index (χ0v) is 15.7. The molecule has 8 heteroatoms. The van der Waals surface area contributed by atoms with Crippen molar-refractivity contribution in [3.8, 4) is 0 Å². The summed E-state index contributed by atoms with van der Waals surface area (Å²) in [7, 11) is 0. The van der Waals surface area contributed by atoms with Crippen LogP contribution >= 0.6 is 0 Å². The average molecular weight is 382 g/mol. The minimum absolute atomic E-state index is 0.0545. The van der Waals surface area contributed by atoms with Gasteiger partial charge in [0.25, 0.3) is 5.91 Å². The molecule has 2 heterocycles. The molecule has 0 spiro atoms. The number of nitrogens with one attached hydrogen (secondary N) is 2. The van der Waals surface area contributed by atoms with Gasteiger partial charge in [0.05, 0.1) is 12.2 Å². The van der Waals surface area contributed by atoms with Gasteiger partial charge in [0.15, 0.2) is 6.04 Å². The molecule has 3 atom stereocenters. The lowest BCUT2D eigenvalue weighted by atomic mass is 9.96. The summed E-state index contributed by atoms with van der Waals surface area (Å²) in [6.07, 6.45) is 1.000. The molecule has 1 aliphatic rings. The maximum atomic E-state index is 13.6. The number of carbonyl (C=O) groups excluding carboxylic acids is 1. The number of alkyl halides is 3. The van der Waals surface area contributed by atoms with Crippen molar-refractivity contribution in [1.82, 2.24) is 15.1 Å². The van der Waals surface area contributed by atoms with Crippen molar-refractivity contribution in [3.05, 3.63) is 48.7 Å². The van der Waals surface area contributed by atoms with E-state index in [4.69, 9.17) is 0 Å². The van der Waals surface area contributed by atoms with Crippen LogP contribution in [0.1, 0.15) is 43.6 Å². The number of rotatable bonds is 6. The Morgan fingerprint density at radius 3 is 2.59 bits per heavy atom. The first-order valence-electron chi connectivity index (χ1n) is 8.76. The molecule has 0 saturated carbocycles. The van der Waals surface area contributed by atoms with E-state index in [1.165, 1.54) is 18.3 Å². The van der Waals surface area contributed by atoms with Crippen LogP contribution in [0.3, 0.4) is 0 Å². The zero-order valence-electron chi connectivity index (χ0n) is 15.7. The molecule has 27 heavy (non-hydrogen) atoms. The number of fused-ring (bicyclic) bond motifs is 1. The second-order valence-corrected chi connectivity index (χ2v) is 6.95. The normalized spacial score (nSPS) is 21.2. The van der Waals surface area contributed by atoms with Crippen molar-refractivity contribution in [3.63, 3.8) is 0 Å². The number of allylic oxidation sites excluding steroid dienone is 2. The van der Waals surface area contributed by atoms with Gasteiger partial charge in [-0.25, -0.2) is 4.68 Å². The number of halogens is 3. The van der Waals surface area contributed by atoms with Gasteiger partial charge in [-0.3, -0.25) is 4.79 Å². The Labute approximate surface area is 157 Å². The molecule has 0 fully saturated rings. The summed E-state index contributed by atoms with van der Waals surface area (Å²) in [5.74, 6) is -0.218. The first kappa shape index (κ1) is 20.8. The standard InChI is InChI=1S/C19H25F3N4O/c1-6-8-13(7-2)15-9-16(19(20,21)22)26-17(25-15)14(10-23-26)18(27)24-12(5)11(3)4/h6-8,10-12,15-16,25H,1-2,9H2,3-5H3,(H,24,27)/b13-8+. The lowest BCUT2D eigenvalue weighted by molar-refractivity contribution is -0.173. The smallest absolute Gasteiger partial charge is 0.363 e. The Hall–Kier alpha value is -2.51. The maximum Gasteiger partial charge on any atom is 0.410 e. The van der Waals surface area contributed by atoms with Crippen LogP contribution in [0.2, 0.25) is 0 Å². The number of nitrogens with zero attached hydrogens (tertiary/aromatic N) is 2. The highest BCUT2D eigenvalue weighted by atomic mass is 19.4. The van der Waals surface area contributed by atoms with E-state index in [9.17, 15) is 18.0 Å². The molecular weight excluding hydrogens is 357 g/mol. The van der Waals surface area contributed by atoms with E-state index in [0.29, 0.717) is 5.57 Å². The summed E-state index contributed by atoms with van der Waals surface area (Å²) in [6, 6.07) is -2.63. The first-order chi connectivity index (χ1) is 12.6. The highest BCUT2D eigenvalue weighted by Crippen LogP contribution is 2.41. The molecule has 0 saturated heterocycles. The van der Waals surface area contributed by atoms with E-state index < -0.39 is 24.2 Å². The fourth-order valence-corrected chi connectivity index (χ4v) is 2.86. The average Bonchev–Trinajstić information content (AvgIpc) is 3.01. The highest BCUT2D eigenvalue weighted by molar-refractivity contribution is 5.99. The van der Waals surface area contributed by atoms with Crippen LogP contribution in [-0.2, 0) is 0 Å². The molecule has 148 valence electrons. The van der Waals surface area contributed by atoms with Crippen LogP contribution in [0.5, 0.6) is 0 Å². The van der Waals surface area contributed by atoms with Crippen LogP contribution in [0.4, 0.5) is 19.0 Å². The SMILES string of the molecule is C=C/C=C(\C=C)C1CC(C(F)(F)F)n2ncc(C(=O)NC(C)C(C)C)c2N1. The third kappa shape index (κ3) is 4.43. The maximum absolute atomic E-state index is 13.6. The van der Waals surface area contributed by atoms with Crippen LogP contribution in [0.15, 0.2) is 43.2 Å². The first-order valence-corrected chi connectivity index (χ1v) is 8.76. The van der Waals surface area contributed by atoms with Gasteiger partial charge in [0.2, 0.25) is 0 Å². The van der Waals surface area contributed by atoms with Crippen molar-refractivity contribution < 1.29 is 18.0 Å². The molecule has 5 nitrogen and oxygen atoms in total. The summed E-state index contributed by atoms with van der Waals surface area (Å²) in [4.78, 5) is 12.6. The van der Waals surface area contributed by atoms with Crippen molar-refractivity contribution in [1.29, 1.82) is 0 Å². The van der Waals surface area contributed by atoms with E-state index in [0.717, 1.165) is 4.68 Å². The summed E-state index contributed by atoms with van der Waals surface area (Å²) < 4.78 is 41.7. The lowest BCUT2D eigenvalue weighted by Crippen LogP contribution is -2.41. The molecule has 2 N–H and O–H groups in total. The van der Waals surface area contributed by atoms with Crippen molar-refractivity contribution in [2.75, 3.05) is 5.32 Å². The van der Waals surface area contributed by atoms with Gasteiger partial charge in [-0.05, 0) is 18.4 Å². The number of anilines is 1. The number of amides is 1. The lowest BCUT2D eigenvalue weighted by Gasteiger charge is -2.34. The second kappa shape index (κ2) is 8.02. The topological polar surface area (TPSA) is 59.0 Å². The highest BCUT2D eigenvalue weighted by Gasteiger charge is 2.47.